The van der Waals surface area contributed by atoms with Crippen LogP contribution in [0.1, 0.15) is 34.8 Å². The molecule has 0 saturated carbocycles. The summed E-state index contributed by atoms with van der Waals surface area (Å²) in [5, 5.41) is 13.3. The number of nitrogens with zero attached hydrogens (tertiary/aromatic N) is 1. The topological polar surface area (TPSA) is 52.6 Å². The van der Waals surface area contributed by atoms with Crippen LogP contribution in [0.25, 0.3) is 0 Å². The molecule has 1 saturated heterocycles. The van der Waals surface area contributed by atoms with Crippen LogP contribution < -0.4 is 5.32 Å². The van der Waals surface area contributed by atoms with Crippen LogP contribution >= 0.6 is 0 Å². The maximum atomic E-state index is 12.4. The van der Waals surface area contributed by atoms with E-state index in [1.165, 1.54) is 11.1 Å². The third-order valence-electron chi connectivity index (χ3n) is 4.08. The van der Waals surface area contributed by atoms with Crippen molar-refractivity contribution in [1.29, 1.82) is 0 Å². The van der Waals surface area contributed by atoms with E-state index >= 15 is 0 Å². The van der Waals surface area contributed by atoms with Crippen LogP contribution in [0.4, 0.5) is 0 Å². The summed E-state index contributed by atoms with van der Waals surface area (Å²) in [5.74, 6) is 0.0335. The molecule has 4 nitrogen and oxygen atoms in total. The minimum atomic E-state index is -0.731. The number of rotatable bonds is 1. The molecule has 0 radical (unpaired) electrons. The zero-order valence-electron chi connectivity index (χ0n) is 11.3. The first-order valence-electron chi connectivity index (χ1n) is 6.89. The Bertz CT molecular complexity index is 511. The summed E-state index contributed by atoms with van der Waals surface area (Å²) in [7, 11) is 0. The standard InChI is InChI=1S/C15H20N2O2/c1-15(19)5-7-17(10-15)14(18)12-3-2-11-4-6-16-9-13(11)8-12/h2-3,8,16,19H,4-7,9-10H2,1H3. The summed E-state index contributed by atoms with van der Waals surface area (Å²) in [6, 6.07) is 5.98. The number of hydrogen-bond donors (Lipinski definition) is 2. The van der Waals surface area contributed by atoms with Crippen molar-refractivity contribution < 1.29 is 9.90 Å². The zero-order chi connectivity index (χ0) is 13.5. The minimum Gasteiger partial charge on any atom is -0.388 e. The molecule has 1 aromatic carbocycles. The Balaban J connectivity index is 1.81. The Morgan fingerprint density at radius 3 is 3.00 bits per heavy atom. The second-order valence-corrected chi connectivity index (χ2v) is 5.88. The molecule has 1 amide bonds. The van der Waals surface area contributed by atoms with E-state index in [9.17, 15) is 9.90 Å². The molecule has 2 aliphatic heterocycles. The van der Waals surface area contributed by atoms with Crippen molar-refractivity contribution in [3.63, 3.8) is 0 Å². The van der Waals surface area contributed by atoms with Gasteiger partial charge in [0, 0.05) is 25.2 Å². The molecule has 1 atom stereocenters. The van der Waals surface area contributed by atoms with Gasteiger partial charge in [-0.3, -0.25) is 4.79 Å². The summed E-state index contributed by atoms with van der Waals surface area (Å²) >= 11 is 0. The predicted molar refractivity (Wildman–Crippen MR) is 73.0 cm³/mol. The van der Waals surface area contributed by atoms with Crippen LogP contribution in [0.3, 0.4) is 0 Å². The predicted octanol–water partition coefficient (Wildman–Crippen LogP) is 0.929. The van der Waals surface area contributed by atoms with Crippen molar-refractivity contribution >= 4 is 5.91 Å². The number of carbonyl (C=O) groups excluding carboxylic acids is 1. The Labute approximate surface area is 113 Å². The van der Waals surface area contributed by atoms with Gasteiger partial charge in [0.2, 0.25) is 0 Å². The normalized spacial score (nSPS) is 26.3. The van der Waals surface area contributed by atoms with Gasteiger partial charge in [-0.1, -0.05) is 6.07 Å². The number of carbonyl (C=O) groups is 1. The lowest BCUT2D eigenvalue weighted by Crippen LogP contribution is -2.34. The molecule has 4 heteroatoms. The van der Waals surface area contributed by atoms with Crippen LogP contribution in [0.2, 0.25) is 0 Å². The highest BCUT2D eigenvalue weighted by Crippen LogP contribution is 2.23. The molecule has 1 aromatic rings. The first-order chi connectivity index (χ1) is 9.05. The molecule has 0 aliphatic carbocycles. The highest BCUT2D eigenvalue weighted by Gasteiger charge is 2.34. The quantitative estimate of drug-likeness (QED) is 0.790. The van der Waals surface area contributed by atoms with Gasteiger partial charge in [0.25, 0.3) is 5.91 Å². The molecule has 102 valence electrons. The second kappa shape index (κ2) is 4.62. The number of amides is 1. The number of aliphatic hydroxyl groups is 1. The number of fused-ring (bicyclic) bond motifs is 1. The summed E-state index contributed by atoms with van der Waals surface area (Å²) in [6.45, 7) is 4.71. The van der Waals surface area contributed by atoms with Crippen LogP contribution in [0, 0.1) is 0 Å². The number of likely N-dealkylation sites (tertiary alicyclic amines) is 1. The van der Waals surface area contributed by atoms with E-state index in [-0.39, 0.29) is 5.91 Å². The molecule has 19 heavy (non-hydrogen) atoms. The van der Waals surface area contributed by atoms with Gasteiger partial charge in [-0.25, -0.2) is 0 Å². The average Bonchev–Trinajstić information content (AvgIpc) is 2.78. The first-order valence-corrected chi connectivity index (χ1v) is 6.89. The monoisotopic (exact) mass is 260 g/mol. The van der Waals surface area contributed by atoms with Gasteiger partial charge in [0.05, 0.1) is 5.60 Å². The van der Waals surface area contributed by atoms with Gasteiger partial charge in [-0.2, -0.15) is 0 Å². The maximum Gasteiger partial charge on any atom is 0.253 e. The third-order valence-corrected chi connectivity index (χ3v) is 4.08. The largest absolute Gasteiger partial charge is 0.388 e. The lowest BCUT2D eigenvalue weighted by Gasteiger charge is -2.21. The molecule has 0 bridgehead atoms. The van der Waals surface area contributed by atoms with E-state index in [1.54, 1.807) is 11.8 Å². The third kappa shape index (κ3) is 2.51. The second-order valence-electron chi connectivity index (χ2n) is 5.88. The number of benzene rings is 1. The van der Waals surface area contributed by atoms with E-state index in [2.05, 4.69) is 11.4 Å². The Morgan fingerprint density at radius 2 is 2.26 bits per heavy atom. The van der Waals surface area contributed by atoms with Crippen LogP contribution in [-0.4, -0.2) is 41.1 Å². The Morgan fingerprint density at radius 1 is 1.42 bits per heavy atom. The molecular weight excluding hydrogens is 240 g/mol. The van der Waals surface area contributed by atoms with E-state index in [4.69, 9.17) is 0 Å². The van der Waals surface area contributed by atoms with Gasteiger partial charge in [0.1, 0.15) is 0 Å². The van der Waals surface area contributed by atoms with Crippen LogP contribution in [0.15, 0.2) is 18.2 Å². The highest BCUT2D eigenvalue weighted by molar-refractivity contribution is 5.94. The fourth-order valence-electron chi connectivity index (χ4n) is 2.91. The lowest BCUT2D eigenvalue weighted by atomic mass is 9.98. The highest BCUT2D eigenvalue weighted by atomic mass is 16.3. The number of β-amino-alcohol motifs (C(OH)–C–C–N with tert-alkyl or cyclic N) is 1. The average molecular weight is 260 g/mol. The van der Waals surface area contributed by atoms with Crippen molar-refractivity contribution in [2.45, 2.75) is 31.9 Å². The number of nitrogens with one attached hydrogen (secondary N) is 1. The van der Waals surface area contributed by atoms with Crippen molar-refractivity contribution in [3.05, 3.63) is 34.9 Å². The Kier molecular flexibility index (Phi) is 3.07. The zero-order valence-corrected chi connectivity index (χ0v) is 11.3. The molecule has 1 unspecified atom stereocenters. The molecule has 2 aliphatic rings. The van der Waals surface area contributed by atoms with Gasteiger partial charge in [-0.05, 0) is 49.6 Å². The summed E-state index contributed by atoms with van der Waals surface area (Å²) in [4.78, 5) is 14.2. The fraction of sp³-hybridized carbons (Fsp3) is 0.533. The summed E-state index contributed by atoms with van der Waals surface area (Å²) in [5.41, 5.74) is 2.57. The van der Waals surface area contributed by atoms with Gasteiger partial charge >= 0.3 is 0 Å². The van der Waals surface area contributed by atoms with E-state index in [1.807, 2.05) is 12.1 Å². The van der Waals surface area contributed by atoms with Gasteiger partial charge < -0.3 is 15.3 Å². The fourth-order valence-corrected chi connectivity index (χ4v) is 2.91. The summed E-state index contributed by atoms with van der Waals surface area (Å²) in [6.07, 6.45) is 1.69. The van der Waals surface area contributed by atoms with Crippen molar-refractivity contribution in [3.8, 4) is 0 Å². The van der Waals surface area contributed by atoms with Crippen molar-refractivity contribution in [1.82, 2.24) is 10.2 Å². The van der Waals surface area contributed by atoms with Crippen LogP contribution in [0.5, 0.6) is 0 Å². The lowest BCUT2D eigenvalue weighted by molar-refractivity contribution is 0.0572. The van der Waals surface area contributed by atoms with Crippen molar-refractivity contribution in [2.24, 2.45) is 0 Å². The molecule has 0 aromatic heterocycles. The number of hydrogen-bond acceptors (Lipinski definition) is 3. The first kappa shape index (κ1) is 12.6. The molecular formula is C15H20N2O2. The SMILES string of the molecule is CC1(O)CCN(C(=O)c2ccc3c(c2)CNCC3)C1. The molecule has 2 N–H and O–H groups in total. The molecule has 2 heterocycles. The molecule has 3 rings (SSSR count). The van der Waals surface area contributed by atoms with Gasteiger partial charge in [0.15, 0.2) is 0 Å². The maximum absolute atomic E-state index is 12.4. The van der Waals surface area contributed by atoms with Gasteiger partial charge in [-0.15, -0.1) is 0 Å². The summed E-state index contributed by atoms with van der Waals surface area (Å²) < 4.78 is 0. The van der Waals surface area contributed by atoms with Crippen LogP contribution in [-0.2, 0) is 13.0 Å². The Hall–Kier alpha value is -1.39. The smallest absolute Gasteiger partial charge is 0.253 e. The van der Waals surface area contributed by atoms with E-state index in [0.29, 0.717) is 19.5 Å². The van der Waals surface area contributed by atoms with E-state index in [0.717, 1.165) is 25.1 Å². The minimum absolute atomic E-state index is 0.0335. The van der Waals surface area contributed by atoms with Crippen molar-refractivity contribution in [2.75, 3.05) is 19.6 Å². The molecule has 0 spiro atoms. The molecule has 1 fully saturated rings. The van der Waals surface area contributed by atoms with E-state index < -0.39 is 5.60 Å².